The van der Waals surface area contributed by atoms with Gasteiger partial charge in [0.25, 0.3) is 5.91 Å². The van der Waals surface area contributed by atoms with Gasteiger partial charge in [0.1, 0.15) is 0 Å². The van der Waals surface area contributed by atoms with Crippen molar-refractivity contribution in [1.29, 1.82) is 0 Å². The number of anilines is 1. The largest absolute Gasteiger partial charge is 0.493 e. The van der Waals surface area contributed by atoms with Crippen molar-refractivity contribution in [3.05, 3.63) is 60.2 Å². The van der Waals surface area contributed by atoms with Crippen LogP contribution in [0.15, 0.2) is 59.3 Å². The molecule has 0 bridgehead atoms. The lowest BCUT2D eigenvalue weighted by Gasteiger charge is -2.13. The van der Waals surface area contributed by atoms with Crippen LogP contribution in [0.4, 0.5) is 5.69 Å². The molecule has 0 spiro atoms. The first-order valence-electron chi connectivity index (χ1n) is 9.07. The molecule has 1 amide bonds. The highest BCUT2D eigenvalue weighted by Crippen LogP contribution is 2.38. The van der Waals surface area contributed by atoms with Crippen molar-refractivity contribution in [2.75, 3.05) is 25.7 Å². The summed E-state index contributed by atoms with van der Waals surface area (Å²) in [5.74, 6) is 0.0441. The number of carbonyl (C=O) groups excluding carboxylic acids is 2. The van der Waals surface area contributed by atoms with Crippen LogP contribution in [0.3, 0.4) is 0 Å². The number of carbonyl (C=O) groups is 2. The maximum Gasteiger partial charge on any atom is 0.308 e. The zero-order valence-corrected chi connectivity index (χ0v) is 16.9. The van der Waals surface area contributed by atoms with Gasteiger partial charge in [-0.05, 0) is 18.2 Å². The van der Waals surface area contributed by atoms with E-state index in [1.807, 2.05) is 24.3 Å². The Kier molecular flexibility index (Phi) is 6.26. The van der Waals surface area contributed by atoms with E-state index in [2.05, 4.69) is 16.8 Å². The molecule has 2 aromatic rings. The number of hydrogen-bond acceptors (Lipinski definition) is 7. The molecule has 0 radical (unpaired) electrons. The summed E-state index contributed by atoms with van der Waals surface area (Å²) in [6, 6.07) is 10.6. The highest BCUT2D eigenvalue weighted by Gasteiger charge is 2.33. The quantitative estimate of drug-likeness (QED) is 0.231. The Balaban J connectivity index is 1.94. The number of amides is 1. The van der Waals surface area contributed by atoms with Gasteiger partial charge >= 0.3 is 5.97 Å². The SMILES string of the molecule is C=CCN1C(=O)/C(=N\N=C/c2cc(OC)c(OC(C)=O)c(OC)c2)c2ccccc21. The van der Waals surface area contributed by atoms with E-state index in [0.717, 1.165) is 5.69 Å². The molecule has 0 saturated carbocycles. The third-order valence-electron chi connectivity index (χ3n) is 4.30. The van der Waals surface area contributed by atoms with Gasteiger partial charge in [-0.15, -0.1) is 11.7 Å². The molecule has 1 aliphatic rings. The maximum absolute atomic E-state index is 12.7. The Morgan fingerprint density at radius 2 is 1.83 bits per heavy atom. The van der Waals surface area contributed by atoms with E-state index in [1.165, 1.54) is 27.4 Å². The number of esters is 1. The van der Waals surface area contributed by atoms with Crippen LogP contribution in [0, 0.1) is 0 Å². The third kappa shape index (κ3) is 4.07. The van der Waals surface area contributed by atoms with Crippen LogP contribution in [-0.2, 0) is 9.59 Å². The van der Waals surface area contributed by atoms with Gasteiger partial charge in [0.15, 0.2) is 17.2 Å². The molecular weight excluding hydrogens is 386 g/mol. The summed E-state index contributed by atoms with van der Waals surface area (Å²) < 4.78 is 15.7. The summed E-state index contributed by atoms with van der Waals surface area (Å²) >= 11 is 0. The summed E-state index contributed by atoms with van der Waals surface area (Å²) in [6.07, 6.45) is 3.12. The minimum Gasteiger partial charge on any atom is -0.493 e. The lowest BCUT2D eigenvalue weighted by Crippen LogP contribution is -2.30. The Hall–Kier alpha value is -3.94. The number of para-hydroxylation sites is 1. The molecule has 0 fully saturated rings. The monoisotopic (exact) mass is 407 g/mol. The topological polar surface area (TPSA) is 89.8 Å². The average molecular weight is 407 g/mol. The predicted octanol–water partition coefficient (Wildman–Crippen LogP) is 2.98. The second-order valence-corrected chi connectivity index (χ2v) is 6.26. The molecule has 3 rings (SSSR count). The summed E-state index contributed by atoms with van der Waals surface area (Å²) in [5.41, 5.74) is 2.32. The molecule has 0 aliphatic carbocycles. The van der Waals surface area contributed by atoms with Crippen molar-refractivity contribution in [1.82, 2.24) is 0 Å². The number of fused-ring (bicyclic) bond motifs is 1. The Morgan fingerprint density at radius 3 is 2.43 bits per heavy atom. The van der Waals surface area contributed by atoms with Crippen LogP contribution in [0.1, 0.15) is 18.1 Å². The van der Waals surface area contributed by atoms with E-state index in [4.69, 9.17) is 14.2 Å². The normalized spacial score (nSPS) is 14.2. The molecule has 30 heavy (non-hydrogen) atoms. The number of benzene rings is 2. The lowest BCUT2D eigenvalue weighted by molar-refractivity contribution is -0.132. The molecular formula is C22H21N3O5. The molecule has 154 valence electrons. The number of methoxy groups -OCH3 is 2. The molecule has 0 N–H and O–H groups in total. The van der Waals surface area contributed by atoms with Crippen molar-refractivity contribution in [3.63, 3.8) is 0 Å². The molecule has 1 aliphatic heterocycles. The lowest BCUT2D eigenvalue weighted by atomic mass is 10.1. The van der Waals surface area contributed by atoms with Crippen LogP contribution in [0.5, 0.6) is 17.2 Å². The van der Waals surface area contributed by atoms with Gasteiger partial charge in [-0.2, -0.15) is 5.10 Å². The van der Waals surface area contributed by atoms with Crippen LogP contribution >= 0.6 is 0 Å². The average Bonchev–Trinajstić information content (AvgIpc) is 3.00. The van der Waals surface area contributed by atoms with Crippen LogP contribution in [0.2, 0.25) is 0 Å². The fraction of sp³-hybridized carbons (Fsp3) is 0.182. The third-order valence-corrected chi connectivity index (χ3v) is 4.30. The summed E-state index contributed by atoms with van der Waals surface area (Å²) in [6.45, 7) is 5.37. The van der Waals surface area contributed by atoms with E-state index in [0.29, 0.717) is 29.2 Å². The van der Waals surface area contributed by atoms with E-state index < -0.39 is 5.97 Å². The minimum absolute atomic E-state index is 0.177. The summed E-state index contributed by atoms with van der Waals surface area (Å²) in [5, 5.41) is 8.23. The zero-order valence-electron chi connectivity index (χ0n) is 16.9. The fourth-order valence-corrected chi connectivity index (χ4v) is 3.04. The van der Waals surface area contributed by atoms with E-state index >= 15 is 0 Å². The predicted molar refractivity (Wildman–Crippen MR) is 114 cm³/mol. The van der Waals surface area contributed by atoms with Gasteiger partial charge < -0.3 is 19.1 Å². The van der Waals surface area contributed by atoms with E-state index in [9.17, 15) is 9.59 Å². The van der Waals surface area contributed by atoms with Gasteiger partial charge in [-0.3, -0.25) is 9.59 Å². The van der Waals surface area contributed by atoms with Gasteiger partial charge in [0.05, 0.1) is 26.1 Å². The molecule has 0 unspecified atom stereocenters. The van der Waals surface area contributed by atoms with Crippen molar-refractivity contribution in [2.45, 2.75) is 6.92 Å². The van der Waals surface area contributed by atoms with E-state index in [-0.39, 0.29) is 17.4 Å². The molecule has 0 aromatic heterocycles. The van der Waals surface area contributed by atoms with Crippen molar-refractivity contribution in [3.8, 4) is 17.2 Å². The fourth-order valence-electron chi connectivity index (χ4n) is 3.04. The zero-order chi connectivity index (χ0) is 21.7. The smallest absolute Gasteiger partial charge is 0.308 e. The molecule has 0 atom stereocenters. The summed E-state index contributed by atoms with van der Waals surface area (Å²) in [4.78, 5) is 25.7. The Bertz CT molecular complexity index is 1030. The van der Waals surface area contributed by atoms with Gasteiger partial charge in [-0.1, -0.05) is 24.3 Å². The Morgan fingerprint density at radius 1 is 1.17 bits per heavy atom. The second kappa shape index (κ2) is 9.04. The Labute approximate surface area is 174 Å². The highest BCUT2D eigenvalue weighted by molar-refractivity contribution is 6.54. The standard InChI is InChI=1S/C22H21N3O5/c1-5-10-25-17-9-7-6-8-16(17)20(22(25)27)24-23-13-15-11-18(28-3)21(30-14(2)26)19(12-15)29-4/h5-9,11-13H,1,10H2,2-4H3/b23-13-,24-20-. The first-order valence-corrected chi connectivity index (χ1v) is 9.07. The second-order valence-electron chi connectivity index (χ2n) is 6.26. The molecule has 0 saturated heterocycles. The van der Waals surface area contributed by atoms with Gasteiger partial charge in [-0.25, -0.2) is 0 Å². The number of hydrogen-bond donors (Lipinski definition) is 0. The molecule has 2 aromatic carbocycles. The first-order chi connectivity index (χ1) is 14.5. The summed E-state index contributed by atoms with van der Waals surface area (Å²) in [7, 11) is 2.90. The molecule has 8 nitrogen and oxygen atoms in total. The number of ether oxygens (including phenoxy) is 3. The number of rotatable bonds is 7. The highest BCUT2D eigenvalue weighted by atomic mass is 16.6. The number of nitrogens with zero attached hydrogens (tertiary/aromatic N) is 3. The van der Waals surface area contributed by atoms with Crippen LogP contribution in [-0.4, -0.2) is 44.6 Å². The van der Waals surface area contributed by atoms with Crippen molar-refractivity contribution < 1.29 is 23.8 Å². The van der Waals surface area contributed by atoms with Crippen LogP contribution < -0.4 is 19.1 Å². The minimum atomic E-state index is -0.498. The van der Waals surface area contributed by atoms with Gasteiger partial charge in [0, 0.05) is 24.6 Å². The molecule has 1 heterocycles. The van der Waals surface area contributed by atoms with Crippen LogP contribution in [0.25, 0.3) is 0 Å². The maximum atomic E-state index is 12.7. The van der Waals surface area contributed by atoms with Crippen molar-refractivity contribution in [2.24, 2.45) is 10.2 Å². The van der Waals surface area contributed by atoms with E-state index in [1.54, 1.807) is 23.1 Å². The van der Waals surface area contributed by atoms with Crippen molar-refractivity contribution >= 4 is 29.5 Å². The van der Waals surface area contributed by atoms with Gasteiger partial charge in [0.2, 0.25) is 5.75 Å². The first kappa shape index (κ1) is 20.8. The molecule has 8 heteroatoms.